The Kier molecular flexibility index (Phi) is 5.51. The van der Waals surface area contributed by atoms with Crippen LogP contribution in [0.15, 0.2) is 54.9 Å². The van der Waals surface area contributed by atoms with Crippen molar-refractivity contribution in [1.82, 2.24) is 20.1 Å². The molecular formula is C23H26N4O. The monoisotopic (exact) mass is 374 g/mol. The number of hydrogen-bond acceptors (Lipinski definition) is 3. The summed E-state index contributed by atoms with van der Waals surface area (Å²) < 4.78 is 0. The molecule has 0 radical (unpaired) electrons. The van der Waals surface area contributed by atoms with Gasteiger partial charge in [0, 0.05) is 18.7 Å². The van der Waals surface area contributed by atoms with Gasteiger partial charge in [-0.2, -0.15) is 5.10 Å². The van der Waals surface area contributed by atoms with E-state index in [2.05, 4.69) is 46.4 Å². The molecule has 1 aliphatic heterocycles. The van der Waals surface area contributed by atoms with E-state index in [0.717, 1.165) is 37.9 Å². The highest BCUT2D eigenvalue weighted by atomic mass is 16.2. The summed E-state index contributed by atoms with van der Waals surface area (Å²) in [5.41, 5.74) is 4.28. The standard InChI is InChI=1S/C23H26N4O/c1-17-7-2-3-9-19(17)13-12-18-8-6-14-27(15-18)23(28)21-11-5-4-10-20(21)22-24-16-25-26-22/h2-5,7,9-11,16,18H,6,8,12-15H2,1H3,(H,24,25,26)/t18-/m0/s1. The summed E-state index contributed by atoms with van der Waals surface area (Å²) in [6.07, 6.45) is 5.93. The van der Waals surface area contributed by atoms with Gasteiger partial charge in [0.25, 0.3) is 5.91 Å². The van der Waals surface area contributed by atoms with Crippen molar-refractivity contribution >= 4 is 5.91 Å². The largest absolute Gasteiger partial charge is 0.338 e. The SMILES string of the molecule is Cc1ccccc1CC[C@@H]1CCCN(C(=O)c2ccccc2-c2ncn[nH]2)C1. The van der Waals surface area contributed by atoms with Gasteiger partial charge >= 0.3 is 0 Å². The second-order valence-electron chi connectivity index (χ2n) is 7.60. The van der Waals surface area contributed by atoms with Crippen LogP contribution in [0.1, 0.15) is 40.7 Å². The first-order valence-electron chi connectivity index (χ1n) is 10.0. The summed E-state index contributed by atoms with van der Waals surface area (Å²) in [6.45, 7) is 3.83. The number of H-pyrrole nitrogens is 1. The lowest BCUT2D eigenvalue weighted by Crippen LogP contribution is -2.40. The normalized spacial score (nSPS) is 16.9. The van der Waals surface area contributed by atoms with E-state index in [9.17, 15) is 4.79 Å². The van der Waals surface area contributed by atoms with Gasteiger partial charge in [0.15, 0.2) is 5.82 Å². The quantitative estimate of drug-likeness (QED) is 0.726. The van der Waals surface area contributed by atoms with E-state index < -0.39 is 0 Å². The van der Waals surface area contributed by atoms with E-state index in [1.54, 1.807) is 0 Å². The molecule has 5 nitrogen and oxygen atoms in total. The van der Waals surface area contributed by atoms with Gasteiger partial charge in [-0.1, -0.05) is 42.5 Å². The Morgan fingerprint density at radius 3 is 2.82 bits per heavy atom. The fourth-order valence-electron chi connectivity index (χ4n) is 4.12. The summed E-state index contributed by atoms with van der Waals surface area (Å²) in [7, 11) is 0. The third kappa shape index (κ3) is 3.98. The van der Waals surface area contributed by atoms with Crippen LogP contribution in [-0.2, 0) is 6.42 Å². The maximum Gasteiger partial charge on any atom is 0.254 e. The van der Waals surface area contributed by atoms with E-state index in [0.29, 0.717) is 17.3 Å². The molecule has 0 bridgehead atoms. The van der Waals surface area contributed by atoms with Crippen molar-refractivity contribution < 1.29 is 4.79 Å². The molecule has 0 saturated carbocycles. The molecule has 1 aromatic heterocycles. The first-order valence-corrected chi connectivity index (χ1v) is 10.0. The van der Waals surface area contributed by atoms with Crippen LogP contribution in [0.2, 0.25) is 0 Å². The zero-order valence-corrected chi connectivity index (χ0v) is 16.3. The second kappa shape index (κ2) is 8.38. The highest BCUT2D eigenvalue weighted by Crippen LogP contribution is 2.26. The first-order chi connectivity index (χ1) is 13.7. The molecule has 0 spiro atoms. The lowest BCUT2D eigenvalue weighted by atomic mass is 9.90. The topological polar surface area (TPSA) is 61.9 Å². The summed E-state index contributed by atoms with van der Waals surface area (Å²) in [5.74, 6) is 1.28. The molecule has 1 N–H and O–H groups in total. The number of nitrogens with zero attached hydrogens (tertiary/aromatic N) is 3. The maximum atomic E-state index is 13.3. The maximum absolute atomic E-state index is 13.3. The molecule has 4 rings (SSSR count). The van der Waals surface area contributed by atoms with Crippen molar-refractivity contribution in [3.05, 3.63) is 71.5 Å². The molecule has 5 heteroatoms. The first kappa shape index (κ1) is 18.4. The molecule has 3 aromatic rings. The number of likely N-dealkylation sites (tertiary alicyclic amines) is 1. The van der Waals surface area contributed by atoms with Crippen molar-refractivity contribution in [2.75, 3.05) is 13.1 Å². The number of carbonyl (C=O) groups excluding carboxylic acids is 1. The molecule has 144 valence electrons. The average Bonchev–Trinajstić information content (AvgIpc) is 3.28. The van der Waals surface area contributed by atoms with Crippen LogP contribution in [0.5, 0.6) is 0 Å². The van der Waals surface area contributed by atoms with E-state index in [-0.39, 0.29) is 5.91 Å². The molecule has 1 saturated heterocycles. The Balaban J connectivity index is 1.45. The fraction of sp³-hybridized carbons (Fsp3) is 0.348. The van der Waals surface area contributed by atoms with Crippen LogP contribution >= 0.6 is 0 Å². The summed E-state index contributed by atoms with van der Waals surface area (Å²) >= 11 is 0. The number of benzene rings is 2. The highest BCUT2D eigenvalue weighted by Gasteiger charge is 2.26. The van der Waals surface area contributed by atoms with E-state index in [4.69, 9.17) is 0 Å². The molecule has 28 heavy (non-hydrogen) atoms. The van der Waals surface area contributed by atoms with Gasteiger partial charge in [-0.05, 0) is 55.7 Å². The van der Waals surface area contributed by atoms with Crippen LogP contribution in [-0.4, -0.2) is 39.1 Å². The van der Waals surface area contributed by atoms with Crippen molar-refractivity contribution in [2.45, 2.75) is 32.6 Å². The number of nitrogens with one attached hydrogen (secondary N) is 1. The minimum atomic E-state index is 0.0904. The average molecular weight is 374 g/mol. The van der Waals surface area contributed by atoms with Gasteiger partial charge in [-0.3, -0.25) is 9.89 Å². The summed E-state index contributed by atoms with van der Waals surface area (Å²) in [6, 6.07) is 16.2. The van der Waals surface area contributed by atoms with Crippen molar-refractivity contribution in [3.8, 4) is 11.4 Å². The molecule has 2 aromatic carbocycles. The van der Waals surface area contributed by atoms with Crippen molar-refractivity contribution in [3.63, 3.8) is 0 Å². The third-order valence-electron chi connectivity index (χ3n) is 5.72. The summed E-state index contributed by atoms with van der Waals surface area (Å²) in [4.78, 5) is 19.5. The lowest BCUT2D eigenvalue weighted by molar-refractivity contribution is 0.0669. The van der Waals surface area contributed by atoms with Gasteiger partial charge in [0.2, 0.25) is 0 Å². The molecule has 1 atom stereocenters. The fourth-order valence-corrected chi connectivity index (χ4v) is 4.12. The molecule has 1 amide bonds. The van der Waals surface area contributed by atoms with Crippen LogP contribution in [0.4, 0.5) is 0 Å². The van der Waals surface area contributed by atoms with Gasteiger partial charge in [0.1, 0.15) is 6.33 Å². The van der Waals surface area contributed by atoms with Crippen molar-refractivity contribution in [1.29, 1.82) is 0 Å². The predicted molar refractivity (Wildman–Crippen MR) is 110 cm³/mol. The van der Waals surface area contributed by atoms with Crippen LogP contribution in [0, 0.1) is 12.8 Å². The van der Waals surface area contributed by atoms with Gasteiger partial charge in [-0.25, -0.2) is 4.98 Å². The Bertz CT molecular complexity index is 935. The Hall–Kier alpha value is -2.95. The minimum Gasteiger partial charge on any atom is -0.338 e. The van der Waals surface area contributed by atoms with E-state index in [1.165, 1.54) is 23.9 Å². The number of aromatic nitrogens is 3. The van der Waals surface area contributed by atoms with Gasteiger partial charge in [0.05, 0.1) is 5.56 Å². The molecular weight excluding hydrogens is 348 g/mol. The number of aromatic amines is 1. The number of rotatable bonds is 5. The lowest BCUT2D eigenvalue weighted by Gasteiger charge is -2.33. The smallest absolute Gasteiger partial charge is 0.254 e. The number of aryl methyl sites for hydroxylation is 2. The molecule has 1 fully saturated rings. The second-order valence-corrected chi connectivity index (χ2v) is 7.60. The van der Waals surface area contributed by atoms with Crippen LogP contribution in [0.25, 0.3) is 11.4 Å². The zero-order chi connectivity index (χ0) is 19.3. The van der Waals surface area contributed by atoms with Crippen LogP contribution < -0.4 is 0 Å². The number of carbonyl (C=O) groups is 1. The summed E-state index contributed by atoms with van der Waals surface area (Å²) in [5, 5.41) is 6.80. The Labute approximate surface area is 165 Å². The predicted octanol–water partition coefficient (Wildman–Crippen LogP) is 4.27. The minimum absolute atomic E-state index is 0.0904. The van der Waals surface area contributed by atoms with Crippen LogP contribution in [0.3, 0.4) is 0 Å². The third-order valence-corrected chi connectivity index (χ3v) is 5.72. The molecule has 0 unspecified atom stereocenters. The molecule has 2 heterocycles. The van der Waals surface area contributed by atoms with Crippen molar-refractivity contribution in [2.24, 2.45) is 5.92 Å². The van der Waals surface area contributed by atoms with Gasteiger partial charge < -0.3 is 4.90 Å². The Morgan fingerprint density at radius 2 is 2.00 bits per heavy atom. The number of piperidine rings is 1. The zero-order valence-electron chi connectivity index (χ0n) is 16.3. The van der Waals surface area contributed by atoms with E-state index >= 15 is 0 Å². The van der Waals surface area contributed by atoms with E-state index in [1.807, 2.05) is 29.2 Å². The van der Waals surface area contributed by atoms with Gasteiger partial charge in [-0.15, -0.1) is 0 Å². The number of amides is 1. The Morgan fingerprint density at radius 1 is 1.18 bits per heavy atom. The molecule has 0 aliphatic carbocycles. The number of hydrogen-bond donors (Lipinski definition) is 1. The highest BCUT2D eigenvalue weighted by molar-refractivity contribution is 6.00. The molecule has 1 aliphatic rings.